The van der Waals surface area contributed by atoms with Crippen LogP contribution < -0.4 is 11.1 Å². The molecule has 19 heavy (non-hydrogen) atoms. The number of nitrogen functional groups attached to an aromatic ring is 1. The largest absolute Gasteiger partial charge is 0.398 e. The van der Waals surface area contributed by atoms with E-state index in [2.05, 4.69) is 21.2 Å². The molecule has 1 aromatic carbocycles. The van der Waals surface area contributed by atoms with Crippen LogP contribution in [0.15, 0.2) is 22.7 Å². The van der Waals surface area contributed by atoms with Gasteiger partial charge in [-0.15, -0.1) is 0 Å². The van der Waals surface area contributed by atoms with Crippen molar-refractivity contribution in [3.63, 3.8) is 0 Å². The van der Waals surface area contributed by atoms with Crippen molar-refractivity contribution < 1.29 is 13.2 Å². The maximum Gasteiger partial charge on any atom is 0.253 e. The van der Waals surface area contributed by atoms with E-state index >= 15 is 0 Å². The Hall–Kier alpha value is -1.08. The van der Waals surface area contributed by atoms with Gasteiger partial charge in [-0.05, 0) is 32.0 Å². The smallest absolute Gasteiger partial charge is 0.253 e. The molecule has 0 aromatic heterocycles. The van der Waals surface area contributed by atoms with Gasteiger partial charge in [0.25, 0.3) is 5.91 Å². The van der Waals surface area contributed by atoms with Gasteiger partial charge in [0.1, 0.15) is 0 Å². The van der Waals surface area contributed by atoms with Gasteiger partial charge in [-0.3, -0.25) is 4.79 Å². The highest BCUT2D eigenvalue weighted by Gasteiger charge is 2.30. The van der Waals surface area contributed by atoms with Crippen molar-refractivity contribution in [3.05, 3.63) is 28.2 Å². The third kappa shape index (κ3) is 3.94. The van der Waals surface area contributed by atoms with Gasteiger partial charge in [-0.1, -0.05) is 15.9 Å². The number of hydrogen-bond donors (Lipinski definition) is 2. The van der Waals surface area contributed by atoms with Crippen LogP contribution in [0.2, 0.25) is 0 Å². The lowest BCUT2D eigenvalue weighted by Gasteiger charge is -2.22. The summed E-state index contributed by atoms with van der Waals surface area (Å²) in [4.78, 5) is 11.9. The first-order valence-electron chi connectivity index (χ1n) is 5.57. The van der Waals surface area contributed by atoms with Gasteiger partial charge in [-0.2, -0.15) is 0 Å². The molecule has 0 aliphatic heterocycles. The highest BCUT2D eigenvalue weighted by atomic mass is 79.9. The van der Waals surface area contributed by atoms with Gasteiger partial charge in [-0.25, -0.2) is 8.42 Å². The van der Waals surface area contributed by atoms with E-state index in [9.17, 15) is 13.2 Å². The highest BCUT2D eigenvalue weighted by Crippen LogP contribution is 2.19. The van der Waals surface area contributed by atoms with Gasteiger partial charge in [0, 0.05) is 23.0 Å². The molecule has 0 atom stereocenters. The van der Waals surface area contributed by atoms with E-state index in [-0.39, 0.29) is 12.5 Å². The van der Waals surface area contributed by atoms with Crippen LogP contribution in [0.4, 0.5) is 5.69 Å². The second-order valence-electron chi connectivity index (χ2n) is 4.95. The van der Waals surface area contributed by atoms with E-state index < -0.39 is 14.6 Å². The molecular weight excluding hydrogens is 332 g/mol. The number of carbonyl (C=O) groups is 1. The molecule has 0 unspecified atom stereocenters. The zero-order chi connectivity index (χ0) is 14.8. The number of halogens is 1. The summed E-state index contributed by atoms with van der Waals surface area (Å²) in [6.07, 6.45) is 1.15. The topological polar surface area (TPSA) is 89.3 Å². The lowest BCUT2D eigenvalue weighted by molar-refractivity contribution is 0.0951. The number of rotatable bonds is 4. The van der Waals surface area contributed by atoms with Crippen LogP contribution in [0.5, 0.6) is 0 Å². The first kappa shape index (κ1) is 16.0. The second kappa shape index (κ2) is 5.50. The fourth-order valence-corrected chi connectivity index (χ4v) is 1.97. The van der Waals surface area contributed by atoms with Crippen LogP contribution >= 0.6 is 15.9 Å². The molecule has 0 aliphatic rings. The monoisotopic (exact) mass is 348 g/mol. The molecule has 0 fully saturated rings. The van der Waals surface area contributed by atoms with Gasteiger partial charge < -0.3 is 11.1 Å². The summed E-state index contributed by atoms with van der Waals surface area (Å²) >= 11 is 3.25. The van der Waals surface area contributed by atoms with Crippen LogP contribution in [0, 0.1) is 0 Å². The maximum atomic E-state index is 11.9. The lowest BCUT2D eigenvalue weighted by atomic mass is 10.1. The predicted molar refractivity (Wildman–Crippen MR) is 79.8 cm³/mol. The van der Waals surface area contributed by atoms with Gasteiger partial charge in [0.2, 0.25) is 0 Å². The first-order chi connectivity index (χ1) is 8.54. The Kier molecular flexibility index (Phi) is 4.63. The van der Waals surface area contributed by atoms with Crippen molar-refractivity contribution in [2.75, 3.05) is 18.5 Å². The van der Waals surface area contributed by atoms with Gasteiger partial charge >= 0.3 is 0 Å². The Morgan fingerprint density at radius 3 is 2.47 bits per heavy atom. The summed E-state index contributed by atoms with van der Waals surface area (Å²) in [6, 6.07) is 4.91. The van der Waals surface area contributed by atoms with Gasteiger partial charge in [0.05, 0.1) is 10.3 Å². The van der Waals surface area contributed by atoms with E-state index in [0.29, 0.717) is 11.3 Å². The van der Waals surface area contributed by atoms with E-state index in [1.54, 1.807) is 32.0 Å². The lowest BCUT2D eigenvalue weighted by Crippen LogP contribution is -2.43. The molecule has 0 spiro atoms. The van der Waals surface area contributed by atoms with E-state index in [1.807, 2.05) is 0 Å². The summed E-state index contributed by atoms with van der Waals surface area (Å²) in [5.74, 6) is -0.387. The molecule has 1 rings (SSSR count). The number of amides is 1. The molecule has 106 valence electrons. The van der Waals surface area contributed by atoms with Crippen LogP contribution in [-0.2, 0) is 9.84 Å². The zero-order valence-corrected chi connectivity index (χ0v) is 13.4. The average Bonchev–Trinajstić information content (AvgIpc) is 2.24. The third-order valence-electron chi connectivity index (χ3n) is 2.94. The standard InChI is InChI=1S/C12H17BrN2O3S/c1-12(2,19(3,17)18)7-15-11(16)9-5-4-8(13)6-10(9)14/h4-6H,7,14H2,1-3H3,(H,15,16). The Morgan fingerprint density at radius 1 is 1.42 bits per heavy atom. The SMILES string of the molecule is CC(C)(CNC(=O)c1ccc(Br)cc1N)S(C)(=O)=O. The van der Waals surface area contributed by atoms with Crippen molar-refractivity contribution >= 4 is 37.4 Å². The number of nitrogens with one attached hydrogen (secondary N) is 1. The summed E-state index contributed by atoms with van der Waals surface area (Å²) in [5.41, 5.74) is 6.40. The normalized spacial score (nSPS) is 12.2. The van der Waals surface area contributed by atoms with E-state index in [0.717, 1.165) is 10.7 Å². The van der Waals surface area contributed by atoms with Crippen LogP contribution in [0.3, 0.4) is 0 Å². The van der Waals surface area contributed by atoms with Crippen molar-refractivity contribution in [2.45, 2.75) is 18.6 Å². The molecule has 3 N–H and O–H groups in total. The molecule has 1 aromatic rings. The molecule has 0 aliphatic carbocycles. The van der Waals surface area contributed by atoms with Crippen molar-refractivity contribution in [2.24, 2.45) is 0 Å². The molecule has 1 amide bonds. The molecule has 7 heteroatoms. The minimum atomic E-state index is -3.25. The Morgan fingerprint density at radius 2 is 2.00 bits per heavy atom. The molecular formula is C12H17BrN2O3S. The first-order valence-corrected chi connectivity index (χ1v) is 8.26. The quantitative estimate of drug-likeness (QED) is 0.808. The molecule has 5 nitrogen and oxygen atoms in total. The molecule has 0 saturated carbocycles. The summed E-state index contributed by atoms with van der Waals surface area (Å²) < 4.78 is 22.8. The molecule has 0 saturated heterocycles. The predicted octanol–water partition coefficient (Wildman–Crippen LogP) is 1.58. The Bertz CT molecular complexity index is 597. The van der Waals surface area contributed by atoms with Crippen molar-refractivity contribution in [1.29, 1.82) is 0 Å². The molecule has 0 radical (unpaired) electrons. The fraction of sp³-hybridized carbons (Fsp3) is 0.417. The molecule has 0 bridgehead atoms. The number of anilines is 1. The number of sulfone groups is 1. The highest BCUT2D eigenvalue weighted by molar-refractivity contribution is 9.10. The fourth-order valence-electron chi connectivity index (χ4n) is 1.26. The number of benzene rings is 1. The minimum absolute atomic E-state index is 0.0279. The number of hydrogen-bond acceptors (Lipinski definition) is 4. The van der Waals surface area contributed by atoms with Crippen LogP contribution in [0.1, 0.15) is 24.2 Å². The summed E-state index contributed by atoms with van der Waals surface area (Å²) in [5, 5.41) is 2.59. The average molecular weight is 349 g/mol. The Labute approximate surface area is 121 Å². The van der Waals surface area contributed by atoms with E-state index in [4.69, 9.17) is 5.73 Å². The summed E-state index contributed by atoms with van der Waals surface area (Å²) in [7, 11) is -3.25. The third-order valence-corrected chi connectivity index (χ3v) is 5.58. The van der Waals surface area contributed by atoms with Gasteiger partial charge in [0.15, 0.2) is 9.84 Å². The van der Waals surface area contributed by atoms with Crippen LogP contribution in [0.25, 0.3) is 0 Å². The molecule has 0 heterocycles. The zero-order valence-electron chi connectivity index (χ0n) is 11.0. The second-order valence-corrected chi connectivity index (χ2v) is 8.51. The summed E-state index contributed by atoms with van der Waals surface area (Å²) in [6.45, 7) is 3.15. The van der Waals surface area contributed by atoms with Crippen molar-refractivity contribution in [1.82, 2.24) is 5.32 Å². The van der Waals surface area contributed by atoms with Crippen LogP contribution in [-0.4, -0.2) is 31.9 Å². The minimum Gasteiger partial charge on any atom is -0.398 e. The Balaban J connectivity index is 2.82. The number of carbonyl (C=O) groups excluding carboxylic acids is 1. The number of nitrogens with two attached hydrogens (primary N) is 1. The van der Waals surface area contributed by atoms with E-state index in [1.165, 1.54) is 0 Å². The van der Waals surface area contributed by atoms with Crippen molar-refractivity contribution in [3.8, 4) is 0 Å². The maximum absolute atomic E-state index is 11.9.